The van der Waals surface area contributed by atoms with E-state index in [9.17, 15) is 4.79 Å². The molecule has 22 heavy (non-hydrogen) atoms. The monoisotopic (exact) mass is 297 g/mol. The minimum atomic E-state index is -0.150. The minimum Gasteiger partial charge on any atom is -0.380 e. The second-order valence-corrected chi connectivity index (χ2v) is 5.09. The summed E-state index contributed by atoms with van der Waals surface area (Å²) in [5.41, 5.74) is 0.739. The Hall–Kier alpha value is -2.72. The van der Waals surface area contributed by atoms with Gasteiger partial charge in [-0.2, -0.15) is 5.26 Å². The van der Waals surface area contributed by atoms with Crippen LogP contribution in [0.3, 0.4) is 0 Å². The Morgan fingerprint density at radius 2 is 2.36 bits per heavy atom. The number of hydrogen-bond acceptors (Lipinski definition) is 5. The maximum Gasteiger partial charge on any atom is 0.256 e. The number of H-pyrrole nitrogens is 1. The van der Waals surface area contributed by atoms with Crippen LogP contribution >= 0.6 is 0 Å². The Morgan fingerprint density at radius 1 is 1.50 bits per heavy atom. The number of methoxy groups -OCH3 is 1. The molecule has 3 rings (SSSR count). The van der Waals surface area contributed by atoms with Crippen LogP contribution in [0.1, 0.15) is 34.3 Å². The molecule has 1 saturated heterocycles. The summed E-state index contributed by atoms with van der Waals surface area (Å²) in [5, 5.41) is 8.78. The van der Waals surface area contributed by atoms with Crippen molar-refractivity contribution in [2.75, 3.05) is 13.7 Å². The van der Waals surface area contributed by atoms with E-state index in [2.05, 4.69) is 15.0 Å². The molecule has 1 N–H and O–H groups in total. The Kier molecular flexibility index (Phi) is 3.85. The Morgan fingerprint density at radius 3 is 2.95 bits per heavy atom. The lowest BCUT2D eigenvalue weighted by molar-refractivity contribution is 0.0684. The highest BCUT2D eigenvalue weighted by molar-refractivity contribution is 5.94. The van der Waals surface area contributed by atoms with E-state index in [0.717, 1.165) is 5.82 Å². The van der Waals surface area contributed by atoms with Gasteiger partial charge in [0, 0.05) is 38.7 Å². The summed E-state index contributed by atoms with van der Waals surface area (Å²) < 4.78 is 5.40. The smallest absolute Gasteiger partial charge is 0.256 e. The number of nitrogens with zero attached hydrogens (tertiary/aromatic N) is 4. The number of imidazole rings is 1. The van der Waals surface area contributed by atoms with Crippen LogP contribution in [-0.4, -0.2) is 45.5 Å². The molecule has 1 aliphatic heterocycles. The van der Waals surface area contributed by atoms with Crippen molar-refractivity contribution in [2.45, 2.75) is 18.6 Å². The number of nitriles is 1. The number of ether oxygens (including phenoxy) is 1. The van der Waals surface area contributed by atoms with Crippen molar-refractivity contribution in [3.8, 4) is 6.07 Å². The lowest BCUT2D eigenvalue weighted by Crippen LogP contribution is -2.32. The molecular formula is C15H15N5O2. The lowest BCUT2D eigenvalue weighted by Gasteiger charge is -2.22. The van der Waals surface area contributed by atoms with Crippen molar-refractivity contribution in [1.29, 1.82) is 5.26 Å². The molecule has 2 atom stereocenters. The van der Waals surface area contributed by atoms with Crippen LogP contribution in [-0.2, 0) is 4.74 Å². The Bertz CT molecular complexity index is 690. The Labute approximate surface area is 127 Å². The number of likely N-dealkylation sites (tertiary alicyclic amines) is 1. The van der Waals surface area contributed by atoms with Gasteiger partial charge in [0.1, 0.15) is 17.6 Å². The largest absolute Gasteiger partial charge is 0.380 e. The predicted octanol–water partition coefficient (Wildman–Crippen LogP) is 1.28. The third-order valence-electron chi connectivity index (χ3n) is 3.82. The van der Waals surface area contributed by atoms with E-state index < -0.39 is 0 Å². The van der Waals surface area contributed by atoms with E-state index in [0.29, 0.717) is 18.5 Å². The first kappa shape index (κ1) is 14.2. The summed E-state index contributed by atoms with van der Waals surface area (Å²) in [6.45, 7) is 0.501. The van der Waals surface area contributed by atoms with Gasteiger partial charge in [0.15, 0.2) is 0 Å². The summed E-state index contributed by atoms with van der Waals surface area (Å²) in [6, 6.07) is 4.95. The van der Waals surface area contributed by atoms with E-state index in [1.165, 1.54) is 6.20 Å². The molecule has 2 aromatic rings. The molecular weight excluding hydrogens is 282 g/mol. The molecule has 0 aromatic carbocycles. The van der Waals surface area contributed by atoms with Gasteiger partial charge in [-0.15, -0.1) is 0 Å². The first-order valence-corrected chi connectivity index (χ1v) is 6.92. The zero-order valence-electron chi connectivity index (χ0n) is 12.1. The lowest BCUT2D eigenvalue weighted by atomic mass is 10.1. The SMILES string of the molecule is CO[C@@H]1CC(c2ncc[nH]2)N(C(=O)c2ccc(C#N)nc2)C1. The zero-order valence-corrected chi connectivity index (χ0v) is 12.1. The molecule has 0 bridgehead atoms. The van der Waals surface area contributed by atoms with Crippen LogP contribution in [0.15, 0.2) is 30.7 Å². The second-order valence-electron chi connectivity index (χ2n) is 5.09. The van der Waals surface area contributed by atoms with E-state index in [1.54, 1.807) is 36.5 Å². The molecule has 0 radical (unpaired) electrons. The van der Waals surface area contributed by atoms with Gasteiger partial charge >= 0.3 is 0 Å². The third-order valence-corrected chi connectivity index (χ3v) is 3.82. The first-order valence-electron chi connectivity index (χ1n) is 6.92. The van der Waals surface area contributed by atoms with Crippen molar-refractivity contribution in [1.82, 2.24) is 19.9 Å². The molecule has 0 saturated carbocycles. The fourth-order valence-electron chi connectivity index (χ4n) is 2.66. The van der Waals surface area contributed by atoms with E-state index in [-0.39, 0.29) is 23.7 Å². The number of carbonyl (C=O) groups excluding carboxylic acids is 1. The number of nitrogens with one attached hydrogen (secondary N) is 1. The number of aromatic amines is 1. The molecule has 1 aliphatic rings. The molecule has 112 valence electrons. The topological polar surface area (TPSA) is 94.9 Å². The standard InChI is InChI=1S/C15H15N5O2/c1-22-12-6-13(14-17-4-5-18-14)20(9-12)15(21)10-2-3-11(7-16)19-8-10/h2-5,8,12-13H,6,9H2,1H3,(H,17,18)/t12-,13?/m1/s1. The molecule has 0 aliphatic carbocycles. The van der Waals surface area contributed by atoms with Crippen LogP contribution in [0.5, 0.6) is 0 Å². The van der Waals surface area contributed by atoms with E-state index in [1.807, 2.05) is 6.07 Å². The van der Waals surface area contributed by atoms with Crippen LogP contribution < -0.4 is 0 Å². The van der Waals surface area contributed by atoms with Gasteiger partial charge in [-0.1, -0.05) is 0 Å². The number of amides is 1. The molecule has 0 spiro atoms. The van der Waals surface area contributed by atoms with Crippen LogP contribution in [0, 0.1) is 11.3 Å². The fourth-order valence-corrected chi connectivity index (χ4v) is 2.66. The quantitative estimate of drug-likeness (QED) is 0.920. The predicted molar refractivity (Wildman–Crippen MR) is 76.7 cm³/mol. The summed E-state index contributed by atoms with van der Waals surface area (Å²) in [5.74, 6) is 0.604. The van der Waals surface area contributed by atoms with Gasteiger partial charge in [0.05, 0.1) is 17.7 Å². The van der Waals surface area contributed by atoms with Crippen LogP contribution in [0.2, 0.25) is 0 Å². The van der Waals surface area contributed by atoms with Gasteiger partial charge in [0.2, 0.25) is 0 Å². The van der Waals surface area contributed by atoms with E-state index >= 15 is 0 Å². The van der Waals surface area contributed by atoms with Crippen molar-refractivity contribution in [2.24, 2.45) is 0 Å². The fraction of sp³-hybridized carbons (Fsp3) is 0.333. The van der Waals surface area contributed by atoms with Crippen molar-refractivity contribution >= 4 is 5.91 Å². The number of pyridine rings is 1. The maximum atomic E-state index is 12.7. The summed E-state index contributed by atoms with van der Waals surface area (Å²) in [6.07, 6.45) is 5.51. The maximum absolute atomic E-state index is 12.7. The van der Waals surface area contributed by atoms with Gasteiger partial charge < -0.3 is 14.6 Å². The van der Waals surface area contributed by atoms with E-state index in [4.69, 9.17) is 10.00 Å². The normalized spacial score (nSPS) is 20.8. The Balaban J connectivity index is 1.86. The van der Waals surface area contributed by atoms with Gasteiger partial charge in [-0.25, -0.2) is 9.97 Å². The molecule has 1 amide bonds. The van der Waals surface area contributed by atoms with Crippen molar-refractivity contribution in [3.63, 3.8) is 0 Å². The number of rotatable bonds is 3. The number of hydrogen-bond donors (Lipinski definition) is 1. The second kappa shape index (κ2) is 5.95. The van der Waals surface area contributed by atoms with Crippen LogP contribution in [0.4, 0.5) is 0 Å². The first-order chi connectivity index (χ1) is 10.7. The molecule has 1 fully saturated rings. The molecule has 1 unspecified atom stereocenters. The minimum absolute atomic E-state index is 0.0228. The molecule has 2 aromatic heterocycles. The zero-order chi connectivity index (χ0) is 15.5. The van der Waals surface area contributed by atoms with Crippen molar-refractivity contribution < 1.29 is 9.53 Å². The van der Waals surface area contributed by atoms with Gasteiger partial charge in [0.25, 0.3) is 5.91 Å². The summed E-state index contributed by atoms with van der Waals surface area (Å²) in [7, 11) is 1.64. The van der Waals surface area contributed by atoms with Crippen LogP contribution in [0.25, 0.3) is 0 Å². The average Bonchev–Trinajstić information content (AvgIpc) is 3.23. The number of aromatic nitrogens is 3. The average molecular weight is 297 g/mol. The molecule has 7 nitrogen and oxygen atoms in total. The molecule has 3 heterocycles. The summed E-state index contributed by atoms with van der Waals surface area (Å²) >= 11 is 0. The highest BCUT2D eigenvalue weighted by Crippen LogP contribution is 2.32. The summed E-state index contributed by atoms with van der Waals surface area (Å²) in [4.78, 5) is 25.7. The third kappa shape index (κ3) is 2.56. The highest BCUT2D eigenvalue weighted by atomic mass is 16.5. The highest BCUT2D eigenvalue weighted by Gasteiger charge is 2.38. The van der Waals surface area contributed by atoms with Crippen molar-refractivity contribution in [3.05, 3.63) is 47.8 Å². The van der Waals surface area contributed by atoms with Gasteiger partial charge in [-0.3, -0.25) is 4.79 Å². The number of carbonyl (C=O) groups is 1. The molecule has 7 heteroatoms. The van der Waals surface area contributed by atoms with Gasteiger partial charge in [-0.05, 0) is 12.1 Å².